The van der Waals surface area contributed by atoms with Crippen molar-refractivity contribution in [3.63, 3.8) is 0 Å². The van der Waals surface area contributed by atoms with Crippen molar-refractivity contribution < 1.29 is 19.7 Å². The highest BCUT2D eigenvalue weighted by molar-refractivity contribution is 5.54. The summed E-state index contributed by atoms with van der Waals surface area (Å²) in [6, 6.07) is 0. The number of aliphatic hydroxyl groups excluding tert-OH is 1. The van der Waals surface area contributed by atoms with E-state index in [0.29, 0.717) is 6.42 Å². The van der Waals surface area contributed by atoms with Crippen molar-refractivity contribution in [3.05, 3.63) is 0 Å². The minimum absolute atomic E-state index is 0.349. The Balaban J connectivity index is 3.22. The summed E-state index contributed by atoms with van der Waals surface area (Å²) in [6.45, 7) is 2.02. The van der Waals surface area contributed by atoms with E-state index in [0.717, 1.165) is 19.3 Å². The number of carbonyl (C=O) groups excluding carboxylic acids is 1. The zero-order valence-electron chi connectivity index (χ0n) is 6.58. The molecule has 4 nitrogen and oxygen atoms in total. The number of hydrogen-bond acceptors (Lipinski definition) is 4. The lowest BCUT2D eigenvalue weighted by atomic mass is 10.2. The Morgan fingerprint density at radius 1 is 1.64 bits per heavy atom. The molecule has 0 bridgehead atoms. The standard InChI is InChI=1S/C7H14O4/c1-2-3-4-5-6(8)11-7(9)10/h6,8H,2-5H2,1H3,(H,9,10)/p-1. The fourth-order valence-corrected chi connectivity index (χ4v) is 0.739. The topological polar surface area (TPSA) is 69.6 Å². The third-order valence-corrected chi connectivity index (χ3v) is 1.29. The van der Waals surface area contributed by atoms with Crippen LogP contribution in [0.15, 0.2) is 0 Å². The third-order valence-electron chi connectivity index (χ3n) is 1.29. The Kier molecular flexibility index (Phi) is 5.56. The van der Waals surface area contributed by atoms with Crippen LogP contribution in [0.1, 0.15) is 32.6 Å². The highest BCUT2D eigenvalue weighted by atomic mass is 16.7. The Labute approximate surface area is 65.8 Å². The predicted molar refractivity (Wildman–Crippen MR) is 36.6 cm³/mol. The first-order valence-corrected chi connectivity index (χ1v) is 3.72. The lowest BCUT2D eigenvalue weighted by Gasteiger charge is -2.15. The van der Waals surface area contributed by atoms with E-state index in [-0.39, 0.29) is 0 Å². The summed E-state index contributed by atoms with van der Waals surface area (Å²) in [5.41, 5.74) is 0. The fourth-order valence-electron chi connectivity index (χ4n) is 0.739. The van der Waals surface area contributed by atoms with Crippen LogP contribution in [0.25, 0.3) is 0 Å². The van der Waals surface area contributed by atoms with Crippen LogP contribution in [-0.4, -0.2) is 17.6 Å². The lowest BCUT2D eigenvalue weighted by Crippen LogP contribution is -2.29. The van der Waals surface area contributed by atoms with Gasteiger partial charge in [-0.2, -0.15) is 0 Å². The zero-order chi connectivity index (χ0) is 8.69. The van der Waals surface area contributed by atoms with Crippen molar-refractivity contribution in [1.82, 2.24) is 0 Å². The molecule has 1 N–H and O–H groups in total. The van der Waals surface area contributed by atoms with Gasteiger partial charge in [-0.05, 0) is 12.8 Å². The second-order valence-corrected chi connectivity index (χ2v) is 2.32. The van der Waals surface area contributed by atoms with Gasteiger partial charge in [0.05, 0.1) is 0 Å². The minimum atomic E-state index is -1.67. The molecule has 0 rings (SSSR count). The Morgan fingerprint density at radius 2 is 2.27 bits per heavy atom. The van der Waals surface area contributed by atoms with E-state index in [1.165, 1.54) is 0 Å². The van der Waals surface area contributed by atoms with E-state index >= 15 is 0 Å². The molecule has 1 unspecified atom stereocenters. The van der Waals surface area contributed by atoms with Gasteiger partial charge in [-0.25, -0.2) is 0 Å². The Hall–Kier alpha value is -0.770. The molecule has 0 aromatic carbocycles. The zero-order valence-corrected chi connectivity index (χ0v) is 6.58. The third kappa shape index (κ3) is 7.12. The van der Waals surface area contributed by atoms with E-state index in [4.69, 9.17) is 5.11 Å². The molecule has 1 atom stereocenters. The quantitative estimate of drug-likeness (QED) is 0.356. The summed E-state index contributed by atoms with van der Waals surface area (Å²) in [4.78, 5) is 9.75. The smallest absolute Gasteiger partial charge is 0.254 e. The van der Waals surface area contributed by atoms with E-state index in [1.54, 1.807) is 0 Å². The van der Waals surface area contributed by atoms with Gasteiger partial charge in [0.15, 0.2) is 0 Å². The molecule has 0 spiro atoms. The number of aliphatic hydroxyl groups is 1. The van der Waals surface area contributed by atoms with Gasteiger partial charge in [0.2, 0.25) is 0 Å². The first-order chi connectivity index (χ1) is 5.16. The predicted octanol–water partition coefficient (Wildman–Crippen LogP) is 0.245. The van der Waals surface area contributed by atoms with Crippen LogP contribution in [0.4, 0.5) is 4.79 Å². The molecule has 0 saturated heterocycles. The maximum absolute atomic E-state index is 9.75. The molecule has 0 amide bonds. The van der Waals surface area contributed by atoms with Crippen LogP contribution in [0.3, 0.4) is 0 Å². The summed E-state index contributed by atoms with van der Waals surface area (Å²) >= 11 is 0. The average molecular weight is 161 g/mol. The number of ether oxygens (including phenoxy) is 1. The lowest BCUT2D eigenvalue weighted by molar-refractivity contribution is -0.298. The normalized spacial score (nSPS) is 12.5. The summed E-state index contributed by atoms with van der Waals surface area (Å²) in [5, 5.41) is 18.6. The molecular weight excluding hydrogens is 148 g/mol. The van der Waals surface area contributed by atoms with Gasteiger partial charge in [-0.15, -0.1) is 0 Å². The van der Waals surface area contributed by atoms with Gasteiger partial charge in [0.1, 0.15) is 6.29 Å². The molecular formula is C7H13O4-. The van der Waals surface area contributed by atoms with Crippen LogP contribution < -0.4 is 5.11 Å². The van der Waals surface area contributed by atoms with Crippen LogP contribution in [0.5, 0.6) is 0 Å². The van der Waals surface area contributed by atoms with Crippen molar-refractivity contribution in [1.29, 1.82) is 0 Å². The number of unbranched alkanes of at least 4 members (excludes halogenated alkanes) is 2. The maximum Gasteiger partial charge on any atom is 0.254 e. The first kappa shape index (κ1) is 10.2. The summed E-state index contributed by atoms with van der Waals surface area (Å²) in [6.07, 6.45) is 0.221. The second-order valence-electron chi connectivity index (χ2n) is 2.32. The maximum atomic E-state index is 9.75. The highest BCUT2D eigenvalue weighted by Crippen LogP contribution is 2.03. The number of carboxylic acid groups (broad SMARTS) is 1. The van der Waals surface area contributed by atoms with Gasteiger partial charge < -0.3 is 19.7 Å². The van der Waals surface area contributed by atoms with Gasteiger partial charge in [0.25, 0.3) is 6.16 Å². The highest BCUT2D eigenvalue weighted by Gasteiger charge is 1.99. The molecule has 66 valence electrons. The molecule has 0 radical (unpaired) electrons. The van der Waals surface area contributed by atoms with E-state index < -0.39 is 12.4 Å². The Bertz CT molecular complexity index is 113. The van der Waals surface area contributed by atoms with Crippen molar-refractivity contribution in [2.75, 3.05) is 0 Å². The van der Waals surface area contributed by atoms with Gasteiger partial charge in [-0.1, -0.05) is 19.8 Å². The molecule has 0 aliphatic rings. The number of carbonyl (C=O) groups is 1. The van der Waals surface area contributed by atoms with E-state index in [9.17, 15) is 9.90 Å². The number of hydrogen-bond donors (Lipinski definition) is 1. The van der Waals surface area contributed by atoms with Gasteiger partial charge in [0, 0.05) is 0 Å². The summed E-state index contributed by atoms with van der Waals surface area (Å²) in [5.74, 6) is 0. The second kappa shape index (κ2) is 5.97. The molecule has 0 aromatic rings. The fraction of sp³-hybridized carbons (Fsp3) is 0.857. The van der Waals surface area contributed by atoms with Gasteiger partial charge >= 0.3 is 0 Å². The minimum Gasteiger partial charge on any atom is -0.521 e. The molecule has 4 heteroatoms. The monoisotopic (exact) mass is 161 g/mol. The van der Waals surface area contributed by atoms with Crippen LogP contribution in [0, 0.1) is 0 Å². The van der Waals surface area contributed by atoms with Crippen molar-refractivity contribution >= 4 is 6.16 Å². The molecule has 0 saturated carbocycles. The number of rotatable bonds is 5. The van der Waals surface area contributed by atoms with Crippen LogP contribution in [0.2, 0.25) is 0 Å². The molecule has 11 heavy (non-hydrogen) atoms. The molecule has 0 aliphatic carbocycles. The van der Waals surface area contributed by atoms with E-state index in [1.807, 2.05) is 6.92 Å². The molecule has 0 aromatic heterocycles. The van der Waals surface area contributed by atoms with E-state index in [2.05, 4.69) is 4.74 Å². The first-order valence-electron chi connectivity index (χ1n) is 3.72. The van der Waals surface area contributed by atoms with Crippen molar-refractivity contribution in [3.8, 4) is 0 Å². The van der Waals surface area contributed by atoms with Crippen molar-refractivity contribution in [2.24, 2.45) is 0 Å². The average Bonchev–Trinajstić information content (AvgIpc) is 1.86. The summed E-state index contributed by atoms with van der Waals surface area (Å²) < 4.78 is 3.96. The molecule has 0 aliphatic heterocycles. The van der Waals surface area contributed by atoms with Crippen LogP contribution >= 0.6 is 0 Å². The molecule has 0 heterocycles. The largest absolute Gasteiger partial charge is 0.521 e. The van der Waals surface area contributed by atoms with Crippen LogP contribution in [-0.2, 0) is 4.74 Å². The SMILES string of the molecule is CCCCCC(O)OC(=O)[O-]. The van der Waals surface area contributed by atoms with Gasteiger partial charge in [-0.3, -0.25) is 0 Å². The molecule has 0 fully saturated rings. The Morgan fingerprint density at radius 3 is 2.73 bits per heavy atom. The summed E-state index contributed by atoms with van der Waals surface area (Å²) in [7, 11) is 0. The van der Waals surface area contributed by atoms with Crippen molar-refractivity contribution in [2.45, 2.75) is 38.9 Å².